The summed E-state index contributed by atoms with van der Waals surface area (Å²) in [5.41, 5.74) is 2.32. The molecule has 0 aliphatic carbocycles. The fourth-order valence-electron chi connectivity index (χ4n) is 2.56. The molecule has 0 saturated carbocycles. The molecule has 1 rings (SSSR count). The van der Waals surface area contributed by atoms with Gasteiger partial charge in [-0.1, -0.05) is 13.8 Å². The molecule has 1 aromatic rings. The molecule has 1 aromatic heterocycles. The molecule has 0 aliphatic heterocycles. The van der Waals surface area contributed by atoms with Crippen LogP contribution in [0.15, 0.2) is 0 Å². The molecule has 22 heavy (non-hydrogen) atoms. The zero-order chi connectivity index (χ0) is 16.9. The molecular formula is C17H28N2O3. The van der Waals surface area contributed by atoms with Gasteiger partial charge in [-0.3, -0.25) is 4.79 Å². The first-order valence-electron chi connectivity index (χ1n) is 8.02. The number of amides is 1. The summed E-state index contributed by atoms with van der Waals surface area (Å²) in [7, 11) is 0. The second kappa shape index (κ2) is 8.01. The summed E-state index contributed by atoms with van der Waals surface area (Å²) < 4.78 is 5.26. The SMILES string of the molecule is CCCN(CCC)C(=O)c1[nH]c(C)c(C(=O)OC(C)C)c1C. The summed E-state index contributed by atoms with van der Waals surface area (Å²) in [5.74, 6) is -0.425. The van der Waals surface area contributed by atoms with Gasteiger partial charge in [0.15, 0.2) is 0 Å². The second-order valence-electron chi connectivity index (χ2n) is 5.87. The van der Waals surface area contributed by atoms with Crippen molar-refractivity contribution in [3.63, 3.8) is 0 Å². The maximum absolute atomic E-state index is 12.7. The first kappa shape index (κ1) is 18.3. The minimum Gasteiger partial charge on any atom is -0.459 e. The molecule has 124 valence electrons. The predicted molar refractivity (Wildman–Crippen MR) is 87.3 cm³/mol. The van der Waals surface area contributed by atoms with Gasteiger partial charge in [0.1, 0.15) is 5.69 Å². The predicted octanol–water partition coefficient (Wildman–Crippen LogP) is 3.46. The van der Waals surface area contributed by atoms with E-state index in [4.69, 9.17) is 4.74 Å². The number of ether oxygens (including phenoxy) is 1. The fraction of sp³-hybridized carbons (Fsp3) is 0.647. The number of nitrogens with zero attached hydrogens (tertiary/aromatic N) is 1. The number of H-pyrrole nitrogens is 1. The van der Waals surface area contributed by atoms with E-state index in [9.17, 15) is 9.59 Å². The Morgan fingerprint density at radius 2 is 1.68 bits per heavy atom. The van der Waals surface area contributed by atoms with Crippen molar-refractivity contribution in [2.45, 2.75) is 60.5 Å². The molecule has 0 fully saturated rings. The number of aryl methyl sites for hydroxylation is 1. The third-order valence-electron chi connectivity index (χ3n) is 3.47. The molecule has 0 saturated heterocycles. The largest absolute Gasteiger partial charge is 0.459 e. The maximum atomic E-state index is 12.7. The molecule has 1 amide bonds. The van der Waals surface area contributed by atoms with Crippen molar-refractivity contribution in [2.24, 2.45) is 0 Å². The summed E-state index contributed by atoms with van der Waals surface area (Å²) in [6, 6.07) is 0. The van der Waals surface area contributed by atoms with Gasteiger partial charge < -0.3 is 14.6 Å². The van der Waals surface area contributed by atoms with Crippen molar-refractivity contribution in [1.82, 2.24) is 9.88 Å². The highest BCUT2D eigenvalue weighted by Gasteiger charge is 2.25. The van der Waals surface area contributed by atoms with Gasteiger partial charge in [0.2, 0.25) is 0 Å². The van der Waals surface area contributed by atoms with Gasteiger partial charge in [-0.25, -0.2) is 4.79 Å². The lowest BCUT2D eigenvalue weighted by atomic mass is 10.1. The molecular weight excluding hydrogens is 280 g/mol. The number of rotatable bonds is 7. The van der Waals surface area contributed by atoms with Crippen LogP contribution in [0, 0.1) is 13.8 Å². The van der Waals surface area contributed by atoms with E-state index in [1.165, 1.54) is 0 Å². The molecule has 0 atom stereocenters. The molecule has 1 N–H and O–H groups in total. The van der Waals surface area contributed by atoms with E-state index in [1.807, 2.05) is 32.6 Å². The van der Waals surface area contributed by atoms with Gasteiger partial charge in [0.25, 0.3) is 5.91 Å². The van der Waals surface area contributed by atoms with Crippen molar-refractivity contribution in [3.8, 4) is 0 Å². The van der Waals surface area contributed by atoms with Gasteiger partial charge >= 0.3 is 5.97 Å². The first-order chi connectivity index (χ1) is 10.3. The first-order valence-corrected chi connectivity index (χ1v) is 8.02. The van der Waals surface area contributed by atoms with E-state index in [0.717, 1.165) is 25.9 Å². The molecule has 1 heterocycles. The summed E-state index contributed by atoms with van der Waals surface area (Å²) in [4.78, 5) is 29.8. The summed E-state index contributed by atoms with van der Waals surface area (Å²) in [6.07, 6.45) is 1.64. The lowest BCUT2D eigenvalue weighted by molar-refractivity contribution is 0.0376. The summed E-state index contributed by atoms with van der Waals surface area (Å²) in [6.45, 7) is 12.7. The van der Waals surface area contributed by atoms with Crippen LogP contribution in [-0.2, 0) is 4.74 Å². The molecule has 5 heteroatoms. The Morgan fingerprint density at radius 1 is 1.14 bits per heavy atom. The molecule has 0 aromatic carbocycles. The zero-order valence-corrected chi connectivity index (χ0v) is 14.6. The van der Waals surface area contributed by atoms with E-state index in [0.29, 0.717) is 22.5 Å². The minimum atomic E-state index is -0.377. The number of hydrogen-bond donors (Lipinski definition) is 1. The lowest BCUT2D eigenvalue weighted by Gasteiger charge is -2.21. The summed E-state index contributed by atoms with van der Waals surface area (Å²) >= 11 is 0. The van der Waals surface area contributed by atoms with Crippen molar-refractivity contribution < 1.29 is 14.3 Å². The Bertz CT molecular complexity index is 526. The Hall–Kier alpha value is -1.78. The lowest BCUT2D eigenvalue weighted by Crippen LogP contribution is -2.33. The molecule has 5 nitrogen and oxygen atoms in total. The van der Waals surface area contributed by atoms with Crippen LogP contribution in [0.4, 0.5) is 0 Å². The number of nitrogens with one attached hydrogen (secondary N) is 1. The standard InChI is InChI=1S/C17H28N2O3/c1-7-9-19(10-8-2)16(20)15-12(5)14(13(6)18-15)17(21)22-11(3)4/h11,18H,7-10H2,1-6H3. The average molecular weight is 308 g/mol. The topological polar surface area (TPSA) is 62.4 Å². The second-order valence-corrected chi connectivity index (χ2v) is 5.87. The van der Waals surface area contributed by atoms with Crippen LogP contribution in [0.25, 0.3) is 0 Å². The van der Waals surface area contributed by atoms with Crippen LogP contribution in [0.2, 0.25) is 0 Å². The summed E-state index contributed by atoms with van der Waals surface area (Å²) in [5, 5.41) is 0. The van der Waals surface area contributed by atoms with Crippen molar-refractivity contribution >= 4 is 11.9 Å². The van der Waals surface area contributed by atoms with Gasteiger partial charge in [-0.05, 0) is 46.1 Å². The Labute approximate surface area is 133 Å². The van der Waals surface area contributed by atoms with Crippen LogP contribution in [0.5, 0.6) is 0 Å². The van der Waals surface area contributed by atoms with E-state index in [-0.39, 0.29) is 18.0 Å². The molecule has 0 aliphatic rings. The third kappa shape index (κ3) is 4.12. The van der Waals surface area contributed by atoms with Gasteiger partial charge in [-0.15, -0.1) is 0 Å². The van der Waals surface area contributed by atoms with E-state index < -0.39 is 0 Å². The van der Waals surface area contributed by atoms with Crippen LogP contribution in [0.1, 0.15) is 72.6 Å². The number of aromatic amines is 1. The minimum absolute atomic E-state index is 0.0482. The number of esters is 1. The molecule has 0 bridgehead atoms. The number of carbonyl (C=O) groups is 2. The molecule has 0 radical (unpaired) electrons. The van der Waals surface area contributed by atoms with Crippen molar-refractivity contribution in [2.75, 3.05) is 13.1 Å². The number of hydrogen-bond acceptors (Lipinski definition) is 3. The Morgan fingerprint density at radius 3 is 2.14 bits per heavy atom. The van der Waals surface area contributed by atoms with Gasteiger partial charge in [0.05, 0.1) is 11.7 Å². The van der Waals surface area contributed by atoms with Crippen LogP contribution < -0.4 is 0 Å². The van der Waals surface area contributed by atoms with Crippen LogP contribution in [0.3, 0.4) is 0 Å². The highest BCUT2D eigenvalue weighted by molar-refractivity contribution is 6.00. The molecule has 0 spiro atoms. The fourth-order valence-corrected chi connectivity index (χ4v) is 2.56. The van der Waals surface area contributed by atoms with Crippen LogP contribution in [-0.4, -0.2) is 41.0 Å². The van der Waals surface area contributed by atoms with E-state index in [1.54, 1.807) is 13.8 Å². The maximum Gasteiger partial charge on any atom is 0.340 e. The number of aromatic nitrogens is 1. The van der Waals surface area contributed by atoms with Gasteiger partial charge in [0, 0.05) is 18.8 Å². The highest BCUT2D eigenvalue weighted by Crippen LogP contribution is 2.21. The Kier molecular flexibility index (Phi) is 6.65. The zero-order valence-electron chi connectivity index (χ0n) is 14.6. The van der Waals surface area contributed by atoms with Gasteiger partial charge in [-0.2, -0.15) is 0 Å². The molecule has 0 unspecified atom stereocenters. The van der Waals surface area contributed by atoms with E-state index >= 15 is 0 Å². The highest BCUT2D eigenvalue weighted by atomic mass is 16.5. The third-order valence-corrected chi connectivity index (χ3v) is 3.47. The van der Waals surface area contributed by atoms with Crippen molar-refractivity contribution in [1.29, 1.82) is 0 Å². The Balaban J connectivity index is 3.11. The average Bonchev–Trinajstić information content (AvgIpc) is 2.72. The smallest absolute Gasteiger partial charge is 0.340 e. The monoisotopic (exact) mass is 308 g/mol. The van der Waals surface area contributed by atoms with Crippen LogP contribution >= 0.6 is 0 Å². The van der Waals surface area contributed by atoms with Crippen molar-refractivity contribution in [3.05, 3.63) is 22.5 Å². The van der Waals surface area contributed by atoms with E-state index in [2.05, 4.69) is 4.98 Å². The normalized spacial score (nSPS) is 10.9. The quantitative estimate of drug-likeness (QED) is 0.785. The number of carbonyl (C=O) groups excluding carboxylic acids is 2.